The molecule has 0 fully saturated rings. The summed E-state index contributed by atoms with van der Waals surface area (Å²) in [6.45, 7) is 1.93. The van der Waals surface area contributed by atoms with E-state index in [2.05, 4.69) is 5.10 Å². The molecule has 1 aromatic rings. The van der Waals surface area contributed by atoms with Gasteiger partial charge in [0.25, 0.3) is 0 Å². The number of nitrogens with zero attached hydrogens (tertiary/aromatic N) is 2. The van der Waals surface area contributed by atoms with Gasteiger partial charge in [-0.15, -0.1) is 0 Å². The zero-order chi connectivity index (χ0) is 9.14. The van der Waals surface area contributed by atoms with E-state index in [0.717, 1.165) is 5.75 Å². The molecule has 0 radical (unpaired) electrons. The maximum atomic E-state index is 11.3. The lowest BCUT2D eigenvalue weighted by Gasteiger charge is -1.96. The third kappa shape index (κ3) is 1.61. The van der Waals surface area contributed by atoms with Crippen LogP contribution in [0.25, 0.3) is 0 Å². The molecule has 0 aliphatic rings. The molecule has 0 bridgehead atoms. The SMILES string of the molecule is CCSC(=O)c1cnn(C)c1N. The molecule has 1 rings (SSSR count). The first-order chi connectivity index (χ1) is 5.66. The van der Waals surface area contributed by atoms with Gasteiger partial charge in [-0.1, -0.05) is 18.7 Å². The smallest absolute Gasteiger partial charge is 0.224 e. The van der Waals surface area contributed by atoms with Crippen molar-refractivity contribution < 1.29 is 4.79 Å². The van der Waals surface area contributed by atoms with E-state index < -0.39 is 0 Å². The number of carbonyl (C=O) groups is 1. The van der Waals surface area contributed by atoms with Gasteiger partial charge in [-0.3, -0.25) is 9.48 Å². The standard InChI is InChI=1S/C7H11N3OS/c1-3-12-7(11)5-4-9-10(2)6(5)8/h4H,3,8H2,1-2H3. The molecule has 4 nitrogen and oxygen atoms in total. The fourth-order valence-corrected chi connectivity index (χ4v) is 1.39. The van der Waals surface area contributed by atoms with Crippen molar-refractivity contribution >= 4 is 22.7 Å². The summed E-state index contributed by atoms with van der Waals surface area (Å²) in [4.78, 5) is 11.3. The summed E-state index contributed by atoms with van der Waals surface area (Å²) >= 11 is 1.24. The van der Waals surface area contributed by atoms with E-state index in [9.17, 15) is 4.79 Å². The molecule has 66 valence electrons. The molecule has 0 unspecified atom stereocenters. The van der Waals surface area contributed by atoms with Gasteiger partial charge in [0, 0.05) is 7.05 Å². The van der Waals surface area contributed by atoms with Crippen LogP contribution in [-0.2, 0) is 7.05 Å². The Labute approximate surface area is 75.1 Å². The van der Waals surface area contributed by atoms with Crippen molar-refractivity contribution in [1.29, 1.82) is 0 Å². The molecule has 0 atom stereocenters. The highest BCUT2D eigenvalue weighted by Gasteiger charge is 2.12. The Hall–Kier alpha value is -0.970. The quantitative estimate of drug-likeness (QED) is 0.743. The Morgan fingerprint density at radius 2 is 2.50 bits per heavy atom. The number of hydrogen-bond donors (Lipinski definition) is 1. The van der Waals surface area contributed by atoms with Crippen LogP contribution in [-0.4, -0.2) is 20.6 Å². The Bertz CT molecular complexity index is 295. The Kier molecular flexibility index (Phi) is 2.75. The molecule has 0 saturated heterocycles. The number of rotatable bonds is 2. The molecule has 0 spiro atoms. The summed E-state index contributed by atoms with van der Waals surface area (Å²) in [5, 5.41) is 3.87. The Morgan fingerprint density at radius 1 is 1.83 bits per heavy atom. The van der Waals surface area contributed by atoms with Gasteiger partial charge >= 0.3 is 0 Å². The molecule has 0 aliphatic carbocycles. The molecule has 0 saturated carbocycles. The lowest BCUT2D eigenvalue weighted by molar-refractivity contribution is 0.109. The summed E-state index contributed by atoms with van der Waals surface area (Å²) in [6.07, 6.45) is 1.50. The van der Waals surface area contributed by atoms with Crippen LogP contribution < -0.4 is 5.73 Å². The molecular weight excluding hydrogens is 174 g/mol. The zero-order valence-electron chi connectivity index (χ0n) is 7.07. The van der Waals surface area contributed by atoms with E-state index >= 15 is 0 Å². The molecular formula is C7H11N3OS. The van der Waals surface area contributed by atoms with Crippen LogP contribution in [0.4, 0.5) is 5.82 Å². The minimum atomic E-state index is -0.0110. The highest BCUT2D eigenvalue weighted by Crippen LogP contribution is 2.16. The average molecular weight is 185 g/mol. The first-order valence-electron chi connectivity index (χ1n) is 3.61. The summed E-state index contributed by atoms with van der Waals surface area (Å²) in [5.74, 6) is 1.19. The highest BCUT2D eigenvalue weighted by atomic mass is 32.2. The van der Waals surface area contributed by atoms with Gasteiger partial charge in [-0.2, -0.15) is 5.10 Å². The van der Waals surface area contributed by atoms with E-state index in [4.69, 9.17) is 5.73 Å². The van der Waals surface area contributed by atoms with Gasteiger partial charge in [0.05, 0.1) is 11.8 Å². The van der Waals surface area contributed by atoms with Gasteiger partial charge in [0.15, 0.2) is 0 Å². The van der Waals surface area contributed by atoms with Crippen LogP contribution in [0.15, 0.2) is 6.20 Å². The average Bonchev–Trinajstić information content (AvgIpc) is 2.34. The molecule has 0 aromatic carbocycles. The van der Waals surface area contributed by atoms with Crippen molar-refractivity contribution in [2.24, 2.45) is 7.05 Å². The normalized spacial score (nSPS) is 10.2. The van der Waals surface area contributed by atoms with E-state index in [1.807, 2.05) is 6.92 Å². The van der Waals surface area contributed by atoms with Crippen molar-refractivity contribution in [2.45, 2.75) is 6.92 Å². The third-order valence-corrected chi connectivity index (χ3v) is 2.25. The first kappa shape index (κ1) is 9.12. The summed E-state index contributed by atoms with van der Waals surface area (Å²) < 4.78 is 1.49. The fraction of sp³-hybridized carbons (Fsp3) is 0.429. The van der Waals surface area contributed by atoms with Gasteiger partial charge in [0.1, 0.15) is 5.82 Å². The lowest BCUT2D eigenvalue weighted by Crippen LogP contribution is -2.02. The van der Waals surface area contributed by atoms with Crippen molar-refractivity contribution in [3.63, 3.8) is 0 Å². The summed E-state index contributed by atoms with van der Waals surface area (Å²) in [7, 11) is 1.71. The second kappa shape index (κ2) is 3.62. The topological polar surface area (TPSA) is 60.9 Å². The van der Waals surface area contributed by atoms with Gasteiger partial charge in [-0.05, 0) is 5.75 Å². The molecule has 2 N–H and O–H groups in total. The minimum Gasteiger partial charge on any atom is -0.383 e. The molecule has 1 heterocycles. The molecule has 12 heavy (non-hydrogen) atoms. The monoisotopic (exact) mass is 185 g/mol. The third-order valence-electron chi connectivity index (χ3n) is 1.48. The van der Waals surface area contributed by atoms with Gasteiger partial charge in [0.2, 0.25) is 5.12 Å². The fourth-order valence-electron chi connectivity index (χ4n) is 0.813. The first-order valence-corrected chi connectivity index (χ1v) is 4.60. The number of carbonyl (C=O) groups excluding carboxylic acids is 1. The molecule has 5 heteroatoms. The maximum absolute atomic E-state index is 11.3. The molecule has 0 aliphatic heterocycles. The van der Waals surface area contributed by atoms with Crippen LogP contribution in [0.3, 0.4) is 0 Å². The van der Waals surface area contributed by atoms with E-state index in [-0.39, 0.29) is 5.12 Å². The number of thioether (sulfide) groups is 1. The second-order valence-electron chi connectivity index (χ2n) is 2.29. The summed E-state index contributed by atoms with van der Waals surface area (Å²) in [6, 6.07) is 0. The van der Waals surface area contributed by atoms with Gasteiger partial charge < -0.3 is 5.73 Å². The number of nitrogens with two attached hydrogens (primary N) is 1. The van der Waals surface area contributed by atoms with Crippen LogP contribution in [0.1, 0.15) is 17.3 Å². The highest BCUT2D eigenvalue weighted by molar-refractivity contribution is 8.14. The zero-order valence-corrected chi connectivity index (χ0v) is 7.89. The number of aromatic nitrogens is 2. The number of hydrogen-bond acceptors (Lipinski definition) is 4. The summed E-state index contributed by atoms with van der Waals surface area (Å²) in [5.41, 5.74) is 6.10. The largest absolute Gasteiger partial charge is 0.383 e. The van der Waals surface area contributed by atoms with E-state index in [1.54, 1.807) is 7.05 Å². The van der Waals surface area contributed by atoms with Crippen molar-refractivity contribution in [3.05, 3.63) is 11.8 Å². The molecule has 0 amide bonds. The molecule has 1 aromatic heterocycles. The van der Waals surface area contributed by atoms with Crippen LogP contribution in [0.5, 0.6) is 0 Å². The predicted molar refractivity (Wildman–Crippen MR) is 50.1 cm³/mol. The number of nitrogen functional groups attached to an aromatic ring is 1. The maximum Gasteiger partial charge on any atom is 0.224 e. The second-order valence-corrected chi connectivity index (χ2v) is 3.52. The van der Waals surface area contributed by atoms with Gasteiger partial charge in [-0.25, -0.2) is 0 Å². The van der Waals surface area contributed by atoms with Crippen molar-refractivity contribution in [3.8, 4) is 0 Å². The van der Waals surface area contributed by atoms with Crippen molar-refractivity contribution in [2.75, 3.05) is 11.5 Å². The Balaban J connectivity index is 2.88. The van der Waals surface area contributed by atoms with Crippen LogP contribution >= 0.6 is 11.8 Å². The number of anilines is 1. The number of aryl methyl sites for hydroxylation is 1. The predicted octanol–water partition coefficient (Wildman–Crippen LogP) is 0.896. The van der Waals surface area contributed by atoms with E-state index in [0.29, 0.717) is 11.4 Å². The van der Waals surface area contributed by atoms with E-state index in [1.165, 1.54) is 22.6 Å². The van der Waals surface area contributed by atoms with Crippen LogP contribution in [0, 0.1) is 0 Å². The minimum absolute atomic E-state index is 0.0110. The van der Waals surface area contributed by atoms with Crippen molar-refractivity contribution in [1.82, 2.24) is 9.78 Å². The Morgan fingerprint density at radius 3 is 2.92 bits per heavy atom. The van der Waals surface area contributed by atoms with Crippen LogP contribution in [0.2, 0.25) is 0 Å². The lowest BCUT2D eigenvalue weighted by atomic mass is 10.4.